The highest BCUT2D eigenvalue weighted by atomic mass is 35.5. The second kappa shape index (κ2) is 7.96. The van der Waals surface area contributed by atoms with Crippen LogP contribution in [0.1, 0.15) is 69.0 Å². The van der Waals surface area contributed by atoms with Crippen LogP contribution in [0.15, 0.2) is 18.2 Å². The topological polar surface area (TPSA) is 32.3 Å². The predicted octanol–water partition coefficient (Wildman–Crippen LogP) is 7.08. The van der Waals surface area contributed by atoms with Crippen molar-refractivity contribution >= 4 is 40.2 Å². The van der Waals surface area contributed by atoms with Gasteiger partial charge < -0.3 is 10.2 Å². The highest BCUT2D eigenvalue weighted by Gasteiger charge is 2.31. The molecule has 1 aromatic heterocycles. The number of thiophene rings is 1. The lowest BCUT2D eigenvalue weighted by molar-refractivity contribution is -0.117. The lowest BCUT2D eigenvalue weighted by Crippen LogP contribution is -2.25. The average Bonchev–Trinajstić information content (AvgIpc) is 2.89. The normalized spacial score (nSPS) is 16.3. The summed E-state index contributed by atoms with van der Waals surface area (Å²) in [6, 6.07) is 6.55. The van der Waals surface area contributed by atoms with Crippen LogP contribution in [0.3, 0.4) is 0 Å². The quantitative estimate of drug-likeness (QED) is 0.561. The molecule has 2 heterocycles. The number of carbonyl (C=O) groups excluding carboxylic acids is 1. The van der Waals surface area contributed by atoms with Crippen molar-refractivity contribution in [2.75, 3.05) is 16.8 Å². The van der Waals surface area contributed by atoms with Gasteiger partial charge in [0.15, 0.2) is 0 Å². The van der Waals surface area contributed by atoms with Crippen molar-refractivity contribution in [3.8, 4) is 0 Å². The molecule has 2 aromatic rings. The zero-order valence-electron chi connectivity index (χ0n) is 18.7. The number of hydrogen-bond acceptors (Lipinski definition) is 3. The number of benzene rings is 1. The Morgan fingerprint density at radius 2 is 1.83 bits per heavy atom. The van der Waals surface area contributed by atoms with Crippen molar-refractivity contribution in [3.05, 3.63) is 44.1 Å². The number of hydrogen-bond donors (Lipinski definition) is 1. The van der Waals surface area contributed by atoms with E-state index < -0.39 is 0 Å². The van der Waals surface area contributed by atoms with Crippen LogP contribution in [-0.2, 0) is 16.8 Å². The number of halogens is 1. The second-order valence-corrected chi connectivity index (χ2v) is 12.0. The summed E-state index contributed by atoms with van der Waals surface area (Å²) in [4.78, 5) is 16.2. The molecule has 0 aliphatic carbocycles. The summed E-state index contributed by atoms with van der Waals surface area (Å²) < 4.78 is 0.870. The summed E-state index contributed by atoms with van der Waals surface area (Å²) in [5.41, 5.74) is 5.85. The molecule has 158 valence electrons. The standard InChI is InChI=1S/C24H33ClN2OS/c1-15-10-17(11-16(2)22(15)26-21(28)13-23(3,4)5)27-9-8-24(6,7)18-12-20(25)29-19(18)14-27/h10-12H,8-9,13-14H2,1-7H3,(H,26,28). The van der Waals surface area contributed by atoms with E-state index in [0.29, 0.717) is 6.42 Å². The molecule has 0 unspecified atom stereocenters. The molecule has 0 radical (unpaired) electrons. The molecule has 0 fully saturated rings. The first-order chi connectivity index (χ1) is 13.4. The second-order valence-electron chi connectivity index (χ2n) is 10.2. The minimum Gasteiger partial charge on any atom is -0.366 e. The molecule has 0 spiro atoms. The maximum atomic E-state index is 12.4. The van der Waals surface area contributed by atoms with Gasteiger partial charge in [-0.1, -0.05) is 46.2 Å². The van der Waals surface area contributed by atoms with Gasteiger partial charge in [0.1, 0.15) is 0 Å². The van der Waals surface area contributed by atoms with E-state index in [1.165, 1.54) is 16.1 Å². The van der Waals surface area contributed by atoms with E-state index in [2.05, 4.69) is 76.9 Å². The monoisotopic (exact) mass is 432 g/mol. The van der Waals surface area contributed by atoms with Crippen LogP contribution >= 0.6 is 22.9 Å². The zero-order valence-corrected chi connectivity index (χ0v) is 20.3. The third-order valence-corrected chi connectivity index (χ3v) is 6.94. The van der Waals surface area contributed by atoms with E-state index in [-0.39, 0.29) is 16.7 Å². The van der Waals surface area contributed by atoms with Gasteiger partial charge in [0.05, 0.1) is 10.9 Å². The number of rotatable bonds is 3. The SMILES string of the molecule is Cc1cc(N2CCC(C)(C)c3cc(Cl)sc3C2)cc(C)c1NC(=O)CC(C)(C)C. The van der Waals surface area contributed by atoms with Gasteiger partial charge in [0, 0.05) is 29.2 Å². The molecule has 3 nitrogen and oxygen atoms in total. The third kappa shape index (κ3) is 5.16. The summed E-state index contributed by atoms with van der Waals surface area (Å²) >= 11 is 8.05. The van der Waals surface area contributed by atoms with Gasteiger partial charge in [-0.3, -0.25) is 4.79 Å². The van der Waals surface area contributed by atoms with Crippen LogP contribution in [0.25, 0.3) is 0 Å². The number of fused-ring (bicyclic) bond motifs is 1. The Hall–Kier alpha value is -1.52. The first kappa shape index (κ1) is 22.2. The Morgan fingerprint density at radius 3 is 2.41 bits per heavy atom. The molecule has 1 amide bonds. The molecule has 1 aliphatic heterocycles. The summed E-state index contributed by atoms with van der Waals surface area (Å²) in [7, 11) is 0. The van der Waals surface area contributed by atoms with Crippen LogP contribution in [0.5, 0.6) is 0 Å². The van der Waals surface area contributed by atoms with Crippen LogP contribution in [0, 0.1) is 19.3 Å². The molecule has 5 heteroatoms. The maximum absolute atomic E-state index is 12.4. The van der Waals surface area contributed by atoms with E-state index in [9.17, 15) is 4.79 Å². The highest BCUT2D eigenvalue weighted by Crippen LogP contribution is 2.41. The first-order valence-corrected chi connectivity index (χ1v) is 11.5. The van der Waals surface area contributed by atoms with Crippen LogP contribution in [-0.4, -0.2) is 12.5 Å². The maximum Gasteiger partial charge on any atom is 0.224 e. The van der Waals surface area contributed by atoms with E-state index in [4.69, 9.17) is 11.6 Å². The fourth-order valence-corrected chi connectivity index (χ4v) is 5.56. The van der Waals surface area contributed by atoms with Gasteiger partial charge in [0.25, 0.3) is 0 Å². The Bertz CT molecular complexity index is 900. The number of carbonyl (C=O) groups is 1. The minimum absolute atomic E-state index is 0.0234. The summed E-state index contributed by atoms with van der Waals surface area (Å²) in [6.45, 7) is 16.9. The summed E-state index contributed by atoms with van der Waals surface area (Å²) in [5, 5.41) is 3.14. The van der Waals surface area contributed by atoms with Gasteiger partial charge in [-0.05, 0) is 66.0 Å². The predicted molar refractivity (Wildman–Crippen MR) is 127 cm³/mol. The van der Waals surface area contributed by atoms with Crippen LogP contribution in [0.4, 0.5) is 11.4 Å². The molecule has 1 N–H and O–H groups in total. The van der Waals surface area contributed by atoms with Gasteiger partial charge >= 0.3 is 0 Å². The lowest BCUT2D eigenvalue weighted by atomic mass is 9.82. The van der Waals surface area contributed by atoms with Gasteiger partial charge in [-0.15, -0.1) is 11.3 Å². The van der Waals surface area contributed by atoms with Crippen LogP contribution < -0.4 is 10.2 Å². The fourth-order valence-electron chi connectivity index (χ4n) is 4.09. The van der Waals surface area contributed by atoms with Crippen molar-refractivity contribution in [2.45, 2.75) is 73.3 Å². The Kier molecular flexibility index (Phi) is 6.08. The van der Waals surface area contributed by atoms with E-state index in [1.807, 2.05) is 0 Å². The summed E-state index contributed by atoms with van der Waals surface area (Å²) in [5.74, 6) is 0.0749. The third-order valence-electron chi connectivity index (χ3n) is 5.69. The Balaban J connectivity index is 1.86. The van der Waals surface area contributed by atoms with Crippen molar-refractivity contribution in [1.29, 1.82) is 0 Å². The molecule has 1 aromatic carbocycles. The molecule has 29 heavy (non-hydrogen) atoms. The molecule has 0 bridgehead atoms. The number of nitrogens with one attached hydrogen (secondary N) is 1. The molecular formula is C24H33ClN2OS. The van der Waals surface area contributed by atoms with E-state index in [0.717, 1.165) is 40.7 Å². The fraction of sp³-hybridized carbons (Fsp3) is 0.542. The smallest absolute Gasteiger partial charge is 0.224 e. The Labute approximate surface area is 184 Å². The largest absolute Gasteiger partial charge is 0.366 e. The Morgan fingerprint density at radius 1 is 1.21 bits per heavy atom. The average molecular weight is 433 g/mol. The van der Waals surface area contributed by atoms with Crippen molar-refractivity contribution in [1.82, 2.24) is 0 Å². The van der Waals surface area contributed by atoms with Crippen molar-refractivity contribution in [2.24, 2.45) is 5.41 Å². The van der Waals surface area contributed by atoms with Crippen molar-refractivity contribution in [3.63, 3.8) is 0 Å². The lowest BCUT2D eigenvalue weighted by Gasteiger charge is -2.27. The van der Waals surface area contributed by atoms with Crippen molar-refractivity contribution < 1.29 is 4.79 Å². The minimum atomic E-state index is -0.0234. The molecule has 1 aliphatic rings. The van der Waals surface area contributed by atoms with E-state index in [1.54, 1.807) is 11.3 Å². The molecule has 0 saturated heterocycles. The van der Waals surface area contributed by atoms with Gasteiger partial charge in [0.2, 0.25) is 5.91 Å². The number of nitrogens with zero attached hydrogens (tertiary/aromatic N) is 1. The number of anilines is 2. The van der Waals surface area contributed by atoms with Gasteiger partial charge in [-0.2, -0.15) is 0 Å². The number of aryl methyl sites for hydroxylation is 2. The van der Waals surface area contributed by atoms with Gasteiger partial charge in [-0.25, -0.2) is 0 Å². The molecule has 3 rings (SSSR count). The van der Waals surface area contributed by atoms with E-state index >= 15 is 0 Å². The molecule has 0 atom stereocenters. The zero-order chi connectivity index (χ0) is 21.6. The first-order valence-electron chi connectivity index (χ1n) is 10.3. The van der Waals surface area contributed by atoms with Crippen LogP contribution in [0.2, 0.25) is 4.34 Å². The molecular weight excluding hydrogens is 400 g/mol. The summed E-state index contributed by atoms with van der Waals surface area (Å²) in [6.07, 6.45) is 1.59. The highest BCUT2D eigenvalue weighted by molar-refractivity contribution is 7.16. The molecule has 0 saturated carbocycles. The number of amides is 1.